The number of aromatic hydroxyl groups is 3. The fourth-order valence-electron chi connectivity index (χ4n) is 2.92. The van der Waals surface area contributed by atoms with Gasteiger partial charge in [0.2, 0.25) is 6.29 Å². The lowest BCUT2D eigenvalue weighted by Gasteiger charge is -2.39. The molecule has 1 aliphatic rings. The number of benzene rings is 2. The van der Waals surface area contributed by atoms with Crippen LogP contribution in [0.15, 0.2) is 36.4 Å². The summed E-state index contributed by atoms with van der Waals surface area (Å²) in [7, 11) is 0. The zero-order valence-corrected chi connectivity index (χ0v) is 16.0. The summed E-state index contributed by atoms with van der Waals surface area (Å²) in [4.78, 5) is 12.0. The summed E-state index contributed by atoms with van der Waals surface area (Å²) in [6.45, 7) is -0.853. The number of ether oxygens (including phenoxy) is 3. The Morgan fingerprint density at radius 3 is 2.29 bits per heavy atom. The van der Waals surface area contributed by atoms with Crippen molar-refractivity contribution in [1.82, 2.24) is 0 Å². The molecular formula is C20H22O11. The second kappa shape index (κ2) is 9.37. The Kier molecular flexibility index (Phi) is 6.83. The molecular weight excluding hydrogens is 416 g/mol. The number of phenols is 3. The van der Waals surface area contributed by atoms with Gasteiger partial charge in [0.25, 0.3) is 0 Å². The molecule has 0 aromatic heterocycles. The molecule has 1 heterocycles. The number of hydrogen-bond donors (Lipinski definition) is 7. The molecule has 0 radical (unpaired) electrons. The van der Waals surface area contributed by atoms with Gasteiger partial charge < -0.3 is 50.0 Å². The largest absolute Gasteiger partial charge is 0.504 e. The predicted molar refractivity (Wildman–Crippen MR) is 101 cm³/mol. The highest BCUT2D eigenvalue weighted by atomic mass is 16.7. The molecule has 168 valence electrons. The lowest BCUT2D eigenvalue weighted by molar-refractivity contribution is -0.277. The van der Waals surface area contributed by atoms with Crippen LogP contribution in [0.25, 0.3) is 0 Å². The zero-order chi connectivity index (χ0) is 22.7. The van der Waals surface area contributed by atoms with E-state index < -0.39 is 49.0 Å². The Bertz CT molecular complexity index is 929. The SMILES string of the molecule is O=C(OCc1ccc(OC2OC(CO)[C@@H](O)[C@H](O)[C@H]2O)c(O)c1)c1ccc(O)c(O)c1. The third-order valence-electron chi connectivity index (χ3n) is 4.70. The van der Waals surface area contributed by atoms with Gasteiger partial charge in [-0.3, -0.25) is 0 Å². The molecule has 0 aliphatic carbocycles. The van der Waals surface area contributed by atoms with Crippen LogP contribution in [0.4, 0.5) is 0 Å². The third-order valence-corrected chi connectivity index (χ3v) is 4.70. The van der Waals surface area contributed by atoms with E-state index >= 15 is 0 Å². The van der Waals surface area contributed by atoms with Gasteiger partial charge in [-0.2, -0.15) is 0 Å². The molecule has 2 aromatic rings. The predicted octanol–water partition coefficient (Wildman–Crippen LogP) is -0.661. The summed E-state index contributed by atoms with van der Waals surface area (Å²) in [6, 6.07) is 7.47. The van der Waals surface area contributed by atoms with Gasteiger partial charge in [-0.1, -0.05) is 6.07 Å². The number of phenolic OH excluding ortho intramolecular Hbond substituents is 3. The molecule has 1 saturated heterocycles. The second-order valence-corrected chi connectivity index (χ2v) is 6.90. The van der Waals surface area contributed by atoms with Crippen molar-refractivity contribution in [2.45, 2.75) is 37.3 Å². The van der Waals surface area contributed by atoms with Crippen molar-refractivity contribution >= 4 is 5.97 Å². The minimum Gasteiger partial charge on any atom is -0.504 e. The van der Waals surface area contributed by atoms with Gasteiger partial charge in [0.05, 0.1) is 12.2 Å². The number of aliphatic hydroxyl groups is 4. The van der Waals surface area contributed by atoms with Crippen LogP contribution in [0, 0.1) is 0 Å². The highest BCUT2D eigenvalue weighted by Gasteiger charge is 2.44. The topological polar surface area (TPSA) is 186 Å². The molecule has 1 aliphatic heterocycles. The molecule has 2 aromatic carbocycles. The van der Waals surface area contributed by atoms with Crippen molar-refractivity contribution in [3.05, 3.63) is 47.5 Å². The van der Waals surface area contributed by atoms with Crippen LogP contribution in [-0.2, 0) is 16.1 Å². The van der Waals surface area contributed by atoms with Crippen LogP contribution in [0.2, 0.25) is 0 Å². The van der Waals surface area contributed by atoms with E-state index in [1.54, 1.807) is 0 Å². The average Bonchev–Trinajstić information content (AvgIpc) is 2.75. The number of carbonyl (C=O) groups excluding carboxylic acids is 1. The summed E-state index contributed by atoms with van der Waals surface area (Å²) >= 11 is 0. The van der Waals surface area contributed by atoms with Gasteiger partial charge in [0.1, 0.15) is 31.0 Å². The summed E-state index contributed by atoms with van der Waals surface area (Å²) in [5.41, 5.74) is 0.400. The van der Waals surface area contributed by atoms with E-state index in [-0.39, 0.29) is 29.4 Å². The number of rotatable bonds is 6. The first-order chi connectivity index (χ1) is 14.7. The van der Waals surface area contributed by atoms with E-state index in [0.29, 0.717) is 5.56 Å². The molecule has 0 bridgehead atoms. The van der Waals surface area contributed by atoms with Crippen molar-refractivity contribution < 1.29 is 54.8 Å². The van der Waals surface area contributed by atoms with Gasteiger partial charge in [-0.05, 0) is 35.9 Å². The maximum atomic E-state index is 12.0. The summed E-state index contributed by atoms with van der Waals surface area (Å²) in [5.74, 6) is -2.12. The average molecular weight is 438 g/mol. The summed E-state index contributed by atoms with van der Waals surface area (Å²) < 4.78 is 15.7. The molecule has 11 heteroatoms. The Morgan fingerprint density at radius 2 is 1.65 bits per heavy atom. The van der Waals surface area contributed by atoms with Crippen molar-refractivity contribution in [2.75, 3.05) is 6.61 Å². The standard InChI is InChI=1S/C20H22O11/c21-7-15-16(25)17(26)18(27)20(31-15)30-14-4-1-9(5-13(14)24)8-29-19(28)10-2-3-11(22)12(23)6-10/h1-6,15-18,20-27H,7-8H2/t15?,16-,17+,18-,20?/m1/s1. The smallest absolute Gasteiger partial charge is 0.338 e. The van der Waals surface area contributed by atoms with Crippen molar-refractivity contribution in [1.29, 1.82) is 0 Å². The van der Waals surface area contributed by atoms with E-state index in [4.69, 9.17) is 14.2 Å². The third kappa shape index (κ3) is 4.98. The van der Waals surface area contributed by atoms with Gasteiger partial charge in [0, 0.05) is 0 Å². The zero-order valence-electron chi connectivity index (χ0n) is 16.0. The second-order valence-electron chi connectivity index (χ2n) is 6.90. The Hall–Kier alpha value is -3.09. The van der Waals surface area contributed by atoms with Gasteiger partial charge in [-0.15, -0.1) is 0 Å². The first kappa shape index (κ1) is 22.6. The number of aliphatic hydroxyl groups excluding tert-OH is 4. The quantitative estimate of drug-likeness (QED) is 0.224. The van der Waals surface area contributed by atoms with E-state index in [2.05, 4.69) is 0 Å². The van der Waals surface area contributed by atoms with Gasteiger partial charge >= 0.3 is 5.97 Å². The molecule has 7 N–H and O–H groups in total. The lowest BCUT2D eigenvalue weighted by Crippen LogP contribution is -2.60. The van der Waals surface area contributed by atoms with Gasteiger partial charge in [0.15, 0.2) is 23.0 Å². The first-order valence-corrected chi connectivity index (χ1v) is 9.19. The van der Waals surface area contributed by atoms with Crippen molar-refractivity contribution in [3.63, 3.8) is 0 Å². The van der Waals surface area contributed by atoms with Crippen LogP contribution in [0.3, 0.4) is 0 Å². The molecule has 5 atom stereocenters. The maximum absolute atomic E-state index is 12.0. The molecule has 0 spiro atoms. The fraction of sp³-hybridized carbons (Fsp3) is 0.350. The molecule has 0 saturated carbocycles. The number of hydrogen-bond acceptors (Lipinski definition) is 11. The van der Waals surface area contributed by atoms with E-state index in [0.717, 1.165) is 12.1 Å². The summed E-state index contributed by atoms with van der Waals surface area (Å²) in [5, 5.41) is 67.7. The van der Waals surface area contributed by atoms with Crippen LogP contribution in [0.1, 0.15) is 15.9 Å². The molecule has 3 rings (SSSR count). The Morgan fingerprint density at radius 1 is 0.903 bits per heavy atom. The molecule has 1 fully saturated rings. The van der Waals surface area contributed by atoms with E-state index in [9.17, 15) is 40.5 Å². The monoisotopic (exact) mass is 438 g/mol. The van der Waals surface area contributed by atoms with Crippen LogP contribution >= 0.6 is 0 Å². The molecule has 2 unspecified atom stereocenters. The van der Waals surface area contributed by atoms with E-state index in [1.807, 2.05) is 0 Å². The lowest BCUT2D eigenvalue weighted by atomic mass is 9.99. The number of esters is 1. The van der Waals surface area contributed by atoms with Crippen LogP contribution in [0.5, 0.6) is 23.0 Å². The van der Waals surface area contributed by atoms with Crippen LogP contribution < -0.4 is 4.74 Å². The first-order valence-electron chi connectivity index (χ1n) is 9.19. The van der Waals surface area contributed by atoms with Gasteiger partial charge in [-0.25, -0.2) is 4.79 Å². The minimum atomic E-state index is -1.64. The molecule has 0 amide bonds. The van der Waals surface area contributed by atoms with Crippen molar-refractivity contribution in [3.8, 4) is 23.0 Å². The van der Waals surface area contributed by atoms with Crippen LogP contribution in [-0.4, -0.2) is 79.0 Å². The normalized spacial score (nSPS) is 25.7. The molecule has 31 heavy (non-hydrogen) atoms. The Balaban J connectivity index is 1.63. The maximum Gasteiger partial charge on any atom is 0.338 e. The highest BCUT2D eigenvalue weighted by Crippen LogP contribution is 2.31. The fourth-order valence-corrected chi connectivity index (χ4v) is 2.92. The summed E-state index contributed by atoms with van der Waals surface area (Å²) in [6.07, 6.45) is -7.44. The molecule has 11 nitrogen and oxygen atoms in total. The highest BCUT2D eigenvalue weighted by molar-refractivity contribution is 5.90. The van der Waals surface area contributed by atoms with E-state index in [1.165, 1.54) is 24.3 Å². The number of carbonyl (C=O) groups is 1. The van der Waals surface area contributed by atoms with Crippen molar-refractivity contribution in [2.24, 2.45) is 0 Å². The Labute approximate surface area is 175 Å². The minimum absolute atomic E-state index is 0.0158.